The van der Waals surface area contributed by atoms with E-state index >= 15 is 0 Å². The molecule has 0 N–H and O–H groups in total. The van der Waals surface area contributed by atoms with E-state index in [0.717, 1.165) is 49.3 Å². The normalized spacial score (nSPS) is 25.9. The zero-order valence-electron chi connectivity index (χ0n) is 13.2. The molecule has 2 atom stereocenters. The summed E-state index contributed by atoms with van der Waals surface area (Å²) in [5, 5.41) is 0. The topological polar surface area (TPSA) is 41.4 Å². The number of fused-ring (bicyclic) bond motifs is 2. The van der Waals surface area contributed by atoms with Crippen molar-refractivity contribution < 1.29 is 4.79 Å². The maximum atomic E-state index is 12.5. The van der Waals surface area contributed by atoms with E-state index in [1.807, 2.05) is 25.1 Å². The third kappa shape index (κ3) is 2.03. The van der Waals surface area contributed by atoms with E-state index in [0.29, 0.717) is 6.04 Å². The van der Waals surface area contributed by atoms with Crippen LogP contribution in [0.2, 0.25) is 0 Å². The molecule has 2 aromatic rings. The Labute approximate surface area is 130 Å². The highest BCUT2D eigenvalue weighted by Crippen LogP contribution is 2.27. The van der Waals surface area contributed by atoms with Gasteiger partial charge in [0.15, 0.2) is 0 Å². The van der Waals surface area contributed by atoms with Gasteiger partial charge in [-0.2, -0.15) is 0 Å². The van der Waals surface area contributed by atoms with Crippen LogP contribution >= 0.6 is 0 Å². The predicted octanol–water partition coefficient (Wildman–Crippen LogP) is 1.77. The van der Waals surface area contributed by atoms with Crippen LogP contribution in [0.5, 0.6) is 0 Å². The van der Waals surface area contributed by atoms with Crippen molar-refractivity contribution in [2.45, 2.75) is 38.4 Å². The molecule has 5 heteroatoms. The molecule has 0 bridgehead atoms. The third-order valence-electron chi connectivity index (χ3n) is 5.23. The fourth-order valence-corrected chi connectivity index (χ4v) is 3.86. The van der Waals surface area contributed by atoms with Crippen molar-refractivity contribution in [1.82, 2.24) is 19.4 Å². The minimum absolute atomic E-state index is 0.0471. The van der Waals surface area contributed by atoms with Gasteiger partial charge in [0.25, 0.3) is 0 Å². The maximum Gasteiger partial charge on any atom is 0.239 e. The van der Waals surface area contributed by atoms with E-state index in [2.05, 4.69) is 27.5 Å². The lowest BCUT2D eigenvalue weighted by Crippen LogP contribution is -2.58. The average Bonchev–Trinajstić information content (AvgIpc) is 3.11. The summed E-state index contributed by atoms with van der Waals surface area (Å²) < 4.78 is 2.15. The van der Waals surface area contributed by atoms with E-state index in [4.69, 9.17) is 4.98 Å². The Morgan fingerprint density at radius 3 is 2.95 bits per heavy atom. The summed E-state index contributed by atoms with van der Waals surface area (Å²) in [6.07, 6.45) is 2.28. The maximum absolute atomic E-state index is 12.5. The van der Waals surface area contributed by atoms with Crippen LogP contribution in [0.4, 0.5) is 0 Å². The number of aryl methyl sites for hydroxylation is 1. The Balaban J connectivity index is 1.61. The van der Waals surface area contributed by atoms with Crippen LogP contribution in [0.1, 0.15) is 25.6 Å². The van der Waals surface area contributed by atoms with E-state index in [1.165, 1.54) is 0 Å². The zero-order chi connectivity index (χ0) is 15.3. The van der Waals surface area contributed by atoms with Gasteiger partial charge in [-0.1, -0.05) is 12.1 Å². The minimum Gasteiger partial charge on any atom is -0.337 e. The van der Waals surface area contributed by atoms with Gasteiger partial charge in [-0.25, -0.2) is 4.98 Å². The highest BCUT2D eigenvalue weighted by Gasteiger charge is 2.40. The Morgan fingerprint density at radius 1 is 1.32 bits per heavy atom. The van der Waals surface area contributed by atoms with E-state index in [-0.39, 0.29) is 11.9 Å². The smallest absolute Gasteiger partial charge is 0.239 e. The monoisotopic (exact) mass is 298 g/mol. The lowest BCUT2D eigenvalue weighted by molar-refractivity contribution is -0.143. The molecule has 1 aromatic carbocycles. The molecule has 0 aliphatic carbocycles. The number of carbonyl (C=O) groups is 1. The van der Waals surface area contributed by atoms with Crippen molar-refractivity contribution in [2.75, 3.05) is 13.1 Å². The lowest BCUT2D eigenvalue weighted by atomic mass is 10.1. The van der Waals surface area contributed by atoms with E-state index in [9.17, 15) is 4.79 Å². The van der Waals surface area contributed by atoms with Gasteiger partial charge in [-0.15, -0.1) is 0 Å². The van der Waals surface area contributed by atoms with Gasteiger partial charge in [0.05, 0.1) is 23.6 Å². The van der Waals surface area contributed by atoms with Crippen LogP contribution in [0.25, 0.3) is 11.0 Å². The fourth-order valence-electron chi connectivity index (χ4n) is 3.86. The second kappa shape index (κ2) is 5.09. The first-order chi connectivity index (χ1) is 10.6. The first-order valence-electron chi connectivity index (χ1n) is 8.10. The first-order valence-corrected chi connectivity index (χ1v) is 8.10. The van der Waals surface area contributed by atoms with Crippen molar-refractivity contribution in [3.8, 4) is 0 Å². The van der Waals surface area contributed by atoms with Crippen LogP contribution in [0.3, 0.4) is 0 Å². The number of amides is 1. The second-order valence-electron chi connectivity index (χ2n) is 6.51. The van der Waals surface area contributed by atoms with Crippen LogP contribution in [-0.4, -0.2) is 50.4 Å². The van der Waals surface area contributed by atoms with Crippen molar-refractivity contribution in [3.05, 3.63) is 30.1 Å². The number of para-hydroxylation sites is 2. The van der Waals surface area contributed by atoms with Gasteiger partial charge in [-0.05, 0) is 31.9 Å². The molecule has 5 nitrogen and oxygen atoms in total. The van der Waals surface area contributed by atoms with Crippen LogP contribution in [0, 0.1) is 0 Å². The summed E-state index contributed by atoms with van der Waals surface area (Å²) in [6, 6.07) is 8.55. The van der Waals surface area contributed by atoms with Gasteiger partial charge in [0.2, 0.25) is 5.91 Å². The Kier molecular flexibility index (Phi) is 3.18. The standard InChI is InChI=1S/C17H22N4O/c1-12-17(22)21-9-5-6-13(21)10-20(12)11-16-18-14-7-3-4-8-15(14)19(16)2/h3-4,7-8,12-13H,5-6,9-11H2,1-2H3/t12-,13+/m0/s1. The highest BCUT2D eigenvalue weighted by molar-refractivity contribution is 5.83. The van der Waals surface area contributed by atoms with Gasteiger partial charge in [0.1, 0.15) is 5.82 Å². The summed E-state index contributed by atoms with van der Waals surface area (Å²) in [5.74, 6) is 1.32. The molecule has 116 valence electrons. The second-order valence-corrected chi connectivity index (χ2v) is 6.51. The molecule has 2 aliphatic heterocycles. The molecular formula is C17H22N4O. The molecule has 0 saturated carbocycles. The van der Waals surface area contributed by atoms with Crippen molar-refractivity contribution in [2.24, 2.45) is 7.05 Å². The molecule has 0 spiro atoms. The molecule has 2 fully saturated rings. The first kappa shape index (κ1) is 13.8. The minimum atomic E-state index is -0.0471. The van der Waals surface area contributed by atoms with Gasteiger partial charge >= 0.3 is 0 Å². The Bertz CT molecular complexity index is 723. The van der Waals surface area contributed by atoms with Gasteiger partial charge in [-0.3, -0.25) is 9.69 Å². The summed E-state index contributed by atoms with van der Waals surface area (Å²) in [5.41, 5.74) is 2.18. The fraction of sp³-hybridized carbons (Fsp3) is 0.529. The van der Waals surface area contributed by atoms with Gasteiger partial charge < -0.3 is 9.47 Å². The number of nitrogens with zero attached hydrogens (tertiary/aromatic N) is 4. The molecule has 0 radical (unpaired) electrons. The van der Waals surface area contributed by atoms with E-state index < -0.39 is 0 Å². The number of carbonyl (C=O) groups excluding carboxylic acids is 1. The summed E-state index contributed by atoms with van der Waals surface area (Å²) in [7, 11) is 2.06. The molecule has 4 rings (SSSR count). The average molecular weight is 298 g/mol. The third-order valence-corrected chi connectivity index (χ3v) is 5.23. The number of hydrogen-bond donors (Lipinski definition) is 0. The van der Waals surface area contributed by atoms with Crippen LogP contribution in [-0.2, 0) is 18.4 Å². The molecule has 0 unspecified atom stereocenters. The summed E-state index contributed by atoms with van der Waals surface area (Å²) in [4.78, 5) is 21.6. The van der Waals surface area contributed by atoms with E-state index in [1.54, 1.807) is 0 Å². The zero-order valence-corrected chi connectivity index (χ0v) is 13.2. The number of rotatable bonds is 2. The number of piperazine rings is 1. The number of aromatic nitrogens is 2. The number of benzene rings is 1. The molecule has 22 heavy (non-hydrogen) atoms. The lowest BCUT2D eigenvalue weighted by Gasteiger charge is -2.41. The van der Waals surface area contributed by atoms with Crippen LogP contribution in [0.15, 0.2) is 24.3 Å². The van der Waals surface area contributed by atoms with Crippen molar-refractivity contribution >= 4 is 16.9 Å². The molecule has 2 aliphatic rings. The number of imidazole rings is 1. The largest absolute Gasteiger partial charge is 0.337 e. The summed E-state index contributed by atoms with van der Waals surface area (Å²) >= 11 is 0. The molecule has 1 amide bonds. The number of hydrogen-bond acceptors (Lipinski definition) is 3. The van der Waals surface area contributed by atoms with Crippen molar-refractivity contribution in [1.29, 1.82) is 0 Å². The Hall–Kier alpha value is -1.88. The summed E-state index contributed by atoms with van der Waals surface area (Å²) in [6.45, 7) is 4.67. The molecule has 2 saturated heterocycles. The quantitative estimate of drug-likeness (QED) is 0.848. The molecular weight excluding hydrogens is 276 g/mol. The molecule has 1 aromatic heterocycles. The predicted molar refractivity (Wildman–Crippen MR) is 85.3 cm³/mol. The Morgan fingerprint density at radius 2 is 2.14 bits per heavy atom. The molecule has 3 heterocycles. The van der Waals surface area contributed by atoms with Crippen molar-refractivity contribution in [3.63, 3.8) is 0 Å². The van der Waals surface area contributed by atoms with Crippen LogP contribution < -0.4 is 0 Å². The highest BCUT2D eigenvalue weighted by atomic mass is 16.2. The van der Waals surface area contributed by atoms with Gasteiger partial charge in [0, 0.05) is 26.2 Å². The SMILES string of the molecule is C[C@H]1C(=O)N2CCC[C@@H]2CN1Cc1nc2ccccc2n1C.